The van der Waals surface area contributed by atoms with Crippen molar-refractivity contribution in [3.05, 3.63) is 35.4 Å². The quantitative estimate of drug-likeness (QED) is 0.815. The number of aliphatic hydroxyl groups excluding tert-OH is 1. The number of aliphatic hydroxyl groups is 1. The lowest BCUT2D eigenvalue weighted by molar-refractivity contribution is 0.0599. The van der Waals surface area contributed by atoms with E-state index in [0.717, 1.165) is 12.0 Å². The average molecular weight is 288 g/mol. The zero-order valence-corrected chi connectivity index (χ0v) is 12.3. The molecule has 4 nitrogen and oxygen atoms in total. The van der Waals surface area contributed by atoms with Gasteiger partial charge < -0.3 is 15.6 Å². The van der Waals surface area contributed by atoms with E-state index in [4.69, 9.17) is 5.73 Å². The van der Waals surface area contributed by atoms with Gasteiger partial charge in [-0.15, -0.1) is 12.4 Å². The zero-order valence-electron chi connectivity index (χ0n) is 11.5. The van der Waals surface area contributed by atoms with Gasteiger partial charge in [-0.2, -0.15) is 0 Å². The smallest absolute Gasteiger partial charge is 0.337 e. The Hall–Kier alpha value is -1.10. The van der Waals surface area contributed by atoms with Crippen LogP contribution in [0.2, 0.25) is 0 Å². The van der Waals surface area contributed by atoms with Crippen molar-refractivity contribution in [3.8, 4) is 0 Å². The predicted octanol–water partition coefficient (Wildman–Crippen LogP) is 2.30. The Morgan fingerprint density at radius 3 is 2.63 bits per heavy atom. The third-order valence-corrected chi connectivity index (χ3v) is 3.29. The molecule has 0 aliphatic rings. The molecule has 0 saturated carbocycles. The van der Waals surface area contributed by atoms with E-state index < -0.39 is 18.1 Å². The molecule has 1 aromatic rings. The molecule has 0 aliphatic carbocycles. The lowest BCUT2D eigenvalue weighted by atomic mass is 9.91. The van der Waals surface area contributed by atoms with Gasteiger partial charge in [0.1, 0.15) is 0 Å². The van der Waals surface area contributed by atoms with Crippen molar-refractivity contribution in [2.45, 2.75) is 32.4 Å². The molecule has 0 spiro atoms. The van der Waals surface area contributed by atoms with Crippen LogP contribution in [0.4, 0.5) is 0 Å². The Morgan fingerprint density at radius 2 is 2.11 bits per heavy atom. The highest BCUT2D eigenvalue weighted by atomic mass is 35.5. The molecule has 1 aromatic carbocycles. The zero-order chi connectivity index (χ0) is 13.7. The van der Waals surface area contributed by atoms with Crippen LogP contribution < -0.4 is 5.73 Å². The van der Waals surface area contributed by atoms with E-state index >= 15 is 0 Å². The van der Waals surface area contributed by atoms with Gasteiger partial charge in [-0.1, -0.05) is 32.4 Å². The summed E-state index contributed by atoms with van der Waals surface area (Å²) >= 11 is 0. The van der Waals surface area contributed by atoms with Crippen molar-refractivity contribution in [2.75, 3.05) is 7.11 Å². The number of methoxy groups -OCH3 is 1. The number of ether oxygens (including phenoxy) is 1. The summed E-state index contributed by atoms with van der Waals surface area (Å²) in [4.78, 5) is 11.4. The molecule has 0 aromatic heterocycles. The van der Waals surface area contributed by atoms with Crippen molar-refractivity contribution in [1.29, 1.82) is 0 Å². The molecule has 5 heteroatoms. The van der Waals surface area contributed by atoms with Gasteiger partial charge in [0.15, 0.2) is 0 Å². The summed E-state index contributed by atoms with van der Waals surface area (Å²) in [7, 11) is 1.34. The first kappa shape index (κ1) is 17.9. The molecule has 3 atom stereocenters. The Kier molecular flexibility index (Phi) is 7.68. The van der Waals surface area contributed by atoms with Crippen molar-refractivity contribution in [1.82, 2.24) is 0 Å². The third-order valence-electron chi connectivity index (χ3n) is 3.29. The number of hydrogen-bond acceptors (Lipinski definition) is 4. The van der Waals surface area contributed by atoms with Gasteiger partial charge in [0.25, 0.3) is 0 Å². The van der Waals surface area contributed by atoms with E-state index in [1.165, 1.54) is 7.11 Å². The van der Waals surface area contributed by atoms with Gasteiger partial charge >= 0.3 is 5.97 Å². The SMILES string of the molecule is CCC(C)[C@@H](O)[C@@H](N)c1cccc(C(=O)OC)c1.Cl. The summed E-state index contributed by atoms with van der Waals surface area (Å²) < 4.78 is 4.66. The molecule has 0 heterocycles. The van der Waals surface area contributed by atoms with Crippen LogP contribution in [-0.4, -0.2) is 24.3 Å². The van der Waals surface area contributed by atoms with E-state index in [2.05, 4.69) is 4.74 Å². The van der Waals surface area contributed by atoms with E-state index in [-0.39, 0.29) is 18.3 Å². The summed E-state index contributed by atoms with van der Waals surface area (Å²) in [6.07, 6.45) is 0.230. The number of carbonyl (C=O) groups excluding carboxylic acids is 1. The number of benzene rings is 1. The molecule has 1 rings (SSSR count). The molecular weight excluding hydrogens is 266 g/mol. The molecule has 3 N–H and O–H groups in total. The summed E-state index contributed by atoms with van der Waals surface area (Å²) in [6.45, 7) is 3.96. The molecule has 0 radical (unpaired) electrons. The summed E-state index contributed by atoms with van der Waals surface area (Å²) in [5.74, 6) is -0.288. The number of nitrogens with two attached hydrogens (primary N) is 1. The van der Waals surface area contributed by atoms with Gasteiger partial charge in [-0.05, 0) is 23.6 Å². The van der Waals surface area contributed by atoms with Gasteiger partial charge in [0.05, 0.1) is 24.8 Å². The Morgan fingerprint density at radius 1 is 1.47 bits per heavy atom. The fourth-order valence-corrected chi connectivity index (χ4v) is 1.78. The topological polar surface area (TPSA) is 72.5 Å². The number of carbonyl (C=O) groups is 1. The lowest BCUT2D eigenvalue weighted by Gasteiger charge is -2.24. The van der Waals surface area contributed by atoms with Gasteiger partial charge in [-0.25, -0.2) is 4.79 Å². The van der Waals surface area contributed by atoms with Crippen LogP contribution in [0.25, 0.3) is 0 Å². The van der Waals surface area contributed by atoms with Crippen molar-refractivity contribution < 1.29 is 14.6 Å². The molecule has 19 heavy (non-hydrogen) atoms. The van der Waals surface area contributed by atoms with E-state index in [1.807, 2.05) is 19.9 Å². The van der Waals surface area contributed by atoms with Gasteiger partial charge in [0.2, 0.25) is 0 Å². The van der Waals surface area contributed by atoms with Crippen molar-refractivity contribution in [3.63, 3.8) is 0 Å². The van der Waals surface area contributed by atoms with Crippen molar-refractivity contribution >= 4 is 18.4 Å². The van der Waals surface area contributed by atoms with Gasteiger partial charge in [0, 0.05) is 0 Å². The Labute approximate surface area is 120 Å². The molecule has 0 bridgehead atoms. The summed E-state index contributed by atoms with van der Waals surface area (Å²) in [6, 6.07) is 6.39. The maximum atomic E-state index is 11.4. The van der Waals surface area contributed by atoms with Crippen LogP contribution >= 0.6 is 12.4 Å². The molecule has 1 unspecified atom stereocenters. The van der Waals surface area contributed by atoms with Crippen LogP contribution in [0.3, 0.4) is 0 Å². The van der Waals surface area contributed by atoms with Crippen LogP contribution in [0.15, 0.2) is 24.3 Å². The molecule has 0 fully saturated rings. The molecule has 0 amide bonds. The van der Waals surface area contributed by atoms with Gasteiger partial charge in [-0.3, -0.25) is 0 Å². The first-order valence-corrected chi connectivity index (χ1v) is 6.13. The molecular formula is C14H22ClNO3. The maximum Gasteiger partial charge on any atom is 0.337 e. The Balaban J connectivity index is 0.00000324. The summed E-state index contributed by atoms with van der Waals surface area (Å²) in [5, 5.41) is 10.1. The lowest BCUT2D eigenvalue weighted by Crippen LogP contribution is -2.31. The number of rotatable bonds is 5. The van der Waals surface area contributed by atoms with Crippen LogP contribution in [0.5, 0.6) is 0 Å². The van der Waals surface area contributed by atoms with Crippen LogP contribution in [0, 0.1) is 5.92 Å². The second-order valence-corrected chi connectivity index (χ2v) is 4.52. The van der Waals surface area contributed by atoms with Crippen LogP contribution in [0.1, 0.15) is 42.2 Å². The fraction of sp³-hybridized carbons (Fsp3) is 0.500. The Bertz CT molecular complexity index is 411. The minimum atomic E-state index is -0.622. The number of halogens is 1. The number of esters is 1. The third kappa shape index (κ3) is 4.49. The van der Waals surface area contributed by atoms with Crippen molar-refractivity contribution in [2.24, 2.45) is 11.7 Å². The maximum absolute atomic E-state index is 11.4. The van der Waals surface area contributed by atoms with E-state index in [0.29, 0.717) is 5.56 Å². The highest BCUT2D eigenvalue weighted by Crippen LogP contribution is 2.22. The molecule has 0 saturated heterocycles. The standard InChI is InChI=1S/C14H21NO3.ClH/c1-4-9(2)13(16)12(15)10-6-5-7-11(8-10)14(17)18-3;/h5-9,12-13,16H,4,15H2,1-3H3;1H/t9?,12-,13+;/m0./s1. The predicted molar refractivity (Wildman–Crippen MR) is 77.4 cm³/mol. The second-order valence-electron chi connectivity index (χ2n) is 4.52. The highest BCUT2D eigenvalue weighted by molar-refractivity contribution is 5.89. The van der Waals surface area contributed by atoms with Crippen LogP contribution in [-0.2, 0) is 4.74 Å². The second kappa shape index (κ2) is 8.15. The highest BCUT2D eigenvalue weighted by Gasteiger charge is 2.22. The molecule has 0 aliphatic heterocycles. The monoisotopic (exact) mass is 287 g/mol. The fourth-order valence-electron chi connectivity index (χ4n) is 1.78. The van der Waals surface area contributed by atoms with E-state index in [9.17, 15) is 9.90 Å². The summed E-state index contributed by atoms with van der Waals surface area (Å²) in [5.41, 5.74) is 7.21. The number of hydrogen-bond donors (Lipinski definition) is 2. The first-order chi connectivity index (χ1) is 8.51. The van der Waals surface area contributed by atoms with E-state index in [1.54, 1.807) is 18.2 Å². The first-order valence-electron chi connectivity index (χ1n) is 6.13. The minimum absolute atomic E-state index is 0. The average Bonchev–Trinajstić information content (AvgIpc) is 2.43. The normalized spacial score (nSPS) is 15.0. The minimum Gasteiger partial charge on any atom is -0.465 e. The largest absolute Gasteiger partial charge is 0.465 e. The molecule has 108 valence electrons.